The van der Waals surface area contributed by atoms with E-state index in [-0.39, 0.29) is 11.3 Å². The van der Waals surface area contributed by atoms with Gasteiger partial charge < -0.3 is 10.1 Å². The molecule has 0 unspecified atom stereocenters. The molecular weight excluding hydrogens is 300 g/mol. The molecule has 0 radical (unpaired) electrons. The van der Waals surface area contributed by atoms with Crippen molar-refractivity contribution >= 4 is 5.91 Å². The molecule has 2 aromatic carbocycles. The molecule has 0 bridgehead atoms. The first-order valence-electron chi connectivity index (χ1n) is 8.13. The second-order valence-corrected chi connectivity index (χ2v) is 6.26. The van der Waals surface area contributed by atoms with Crippen molar-refractivity contribution in [1.82, 2.24) is 5.32 Å². The lowest BCUT2D eigenvalue weighted by molar-refractivity contribution is -0.127. The van der Waals surface area contributed by atoms with Crippen LogP contribution in [0.2, 0.25) is 0 Å². The zero-order valence-electron chi connectivity index (χ0n) is 13.7. The number of benzene rings is 2. The third-order valence-electron chi connectivity index (χ3n) is 4.51. The summed E-state index contributed by atoms with van der Waals surface area (Å²) in [5.41, 5.74) is 1.94. The summed E-state index contributed by atoms with van der Waals surface area (Å²) in [7, 11) is 0. The lowest BCUT2D eigenvalue weighted by Crippen LogP contribution is -2.40. The van der Waals surface area contributed by atoms with Gasteiger partial charge >= 0.3 is 0 Å². The van der Waals surface area contributed by atoms with E-state index in [1.165, 1.54) is 5.56 Å². The van der Waals surface area contributed by atoms with Crippen LogP contribution in [0.1, 0.15) is 30.9 Å². The van der Waals surface area contributed by atoms with Crippen LogP contribution in [0.5, 0.6) is 5.75 Å². The summed E-state index contributed by atoms with van der Waals surface area (Å²) in [5, 5.41) is 11.8. The Hall–Kier alpha value is -2.80. The molecule has 1 aliphatic rings. The summed E-state index contributed by atoms with van der Waals surface area (Å²) >= 11 is 0. The Morgan fingerprint density at radius 1 is 1.21 bits per heavy atom. The highest BCUT2D eigenvalue weighted by molar-refractivity contribution is 5.80. The summed E-state index contributed by atoms with van der Waals surface area (Å²) < 4.78 is 5.65. The third kappa shape index (κ3) is 3.57. The fourth-order valence-corrected chi connectivity index (χ4v) is 2.78. The summed E-state index contributed by atoms with van der Waals surface area (Å²) in [6, 6.07) is 19.1. The van der Waals surface area contributed by atoms with Crippen LogP contribution in [0.25, 0.3) is 0 Å². The van der Waals surface area contributed by atoms with Crippen molar-refractivity contribution in [2.24, 2.45) is 0 Å². The van der Waals surface area contributed by atoms with Gasteiger partial charge in [-0.25, -0.2) is 0 Å². The van der Waals surface area contributed by atoms with Crippen molar-refractivity contribution in [3.63, 3.8) is 0 Å². The van der Waals surface area contributed by atoms with Gasteiger partial charge in [0, 0.05) is 12.0 Å². The Kier molecular flexibility index (Phi) is 4.52. The Morgan fingerprint density at radius 2 is 1.88 bits per heavy atom. The summed E-state index contributed by atoms with van der Waals surface area (Å²) in [6.45, 7) is 2.37. The number of hydrogen-bond acceptors (Lipinski definition) is 3. The van der Waals surface area contributed by atoms with Crippen molar-refractivity contribution in [3.05, 3.63) is 65.7 Å². The van der Waals surface area contributed by atoms with Gasteiger partial charge in [-0.05, 0) is 49.6 Å². The predicted octanol–water partition coefficient (Wildman–Crippen LogP) is 3.17. The first kappa shape index (κ1) is 16.1. The fourth-order valence-electron chi connectivity index (χ4n) is 2.78. The smallest absolute Gasteiger partial charge is 0.260 e. The highest BCUT2D eigenvalue weighted by Crippen LogP contribution is 2.47. The number of nitriles is 1. The number of rotatable bonds is 6. The molecule has 1 amide bonds. The van der Waals surface area contributed by atoms with E-state index in [0.29, 0.717) is 17.9 Å². The Bertz CT molecular complexity index is 743. The first-order chi connectivity index (χ1) is 11.6. The molecule has 1 atom stereocenters. The standard InChI is InChI=1S/C20H20N2O2/c1-15(24-18-9-7-16(13-21)8-10-18)19(23)22-14-20(11-12-20)17-5-3-2-4-6-17/h2-10,15H,11-12,14H2,1H3,(H,22,23)/t15-/m0/s1. The number of hydrogen-bond donors (Lipinski definition) is 1. The normalized spacial score (nSPS) is 15.8. The van der Waals surface area contributed by atoms with Gasteiger partial charge in [0.05, 0.1) is 11.6 Å². The SMILES string of the molecule is C[C@H](Oc1ccc(C#N)cc1)C(=O)NCC1(c2ccccc2)CC1. The van der Waals surface area contributed by atoms with E-state index in [1.807, 2.05) is 18.2 Å². The molecule has 3 rings (SSSR count). The largest absolute Gasteiger partial charge is 0.481 e. The molecule has 0 heterocycles. The van der Waals surface area contributed by atoms with Crippen molar-refractivity contribution in [2.45, 2.75) is 31.3 Å². The minimum Gasteiger partial charge on any atom is -0.481 e. The van der Waals surface area contributed by atoms with Crippen molar-refractivity contribution < 1.29 is 9.53 Å². The molecule has 1 saturated carbocycles. The zero-order chi connectivity index (χ0) is 17.0. The van der Waals surface area contributed by atoms with Gasteiger partial charge in [0.2, 0.25) is 0 Å². The molecule has 0 aliphatic heterocycles. The molecular formula is C20H20N2O2. The second kappa shape index (κ2) is 6.76. The number of carbonyl (C=O) groups is 1. The Morgan fingerprint density at radius 3 is 2.46 bits per heavy atom. The van der Waals surface area contributed by atoms with Gasteiger partial charge in [-0.3, -0.25) is 4.79 Å². The van der Waals surface area contributed by atoms with E-state index < -0.39 is 6.10 Å². The number of amides is 1. The van der Waals surface area contributed by atoms with Crippen molar-refractivity contribution in [1.29, 1.82) is 5.26 Å². The van der Waals surface area contributed by atoms with Crippen LogP contribution >= 0.6 is 0 Å². The average molecular weight is 320 g/mol. The Balaban J connectivity index is 1.54. The van der Waals surface area contributed by atoms with Crippen LogP contribution in [0, 0.1) is 11.3 Å². The molecule has 122 valence electrons. The maximum absolute atomic E-state index is 12.3. The van der Waals surface area contributed by atoms with Crippen LogP contribution < -0.4 is 10.1 Å². The summed E-state index contributed by atoms with van der Waals surface area (Å²) in [4.78, 5) is 12.3. The predicted molar refractivity (Wildman–Crippen MR) is 91.6 cm³/mol. The van der Waals surface area contributed by atoms with Gasteiger partial charge in [-0.1, -0.05) is 30.3 Å². The molecule has 0 aromatic heterocycles. The lowest BCUT2D eigenvalue weighted by atomic mass is 9.96. The summed E-state index contributed by atoms with van der Waals surface area (Å²) in [5.74, 6) is 0.461. The molecule has 4 nitrogen and oxygen atoms in total. The minimum atomic E-state index is -0.579. The van der Waals surface area contributed by atoms with E-state index in [4.69, 9.17) is 10.00 Å². The van der Waals surface area contributed by atoms with Crippen LogP contribution in [0.15, 0.2) is 54.6 Å². The third-order valence-corrected chi connectivity index (χ3v) is 4.51. The van der Waals surface area contributed by atoms with Crippen molar-refractivity contribution in [3.8, 4) is 11.8 Å². The molecule has 1 N–H and O–H groups in total. The maximum atomic E-state index is 12.3. The van der Waals surface area contributed by atoms with Crippen LogP contribution in [-0.4, -0.2) is 18.6 Å². The van der Waals surface area contributed by atoms with Crippen LogP contribution in [0.4, 0.5) is 0 Å². The highest BCUT2D eigenvalue weighted by Gasteiger charge is 2.44. The maximum Gasteiger partial charge on any atom is 0.260 e. The van der Waals surface area contributed by atoms with Gasteiger partial charge in [0.1, 0.15) is 5.75 Å². The number of nitrogens with zero attached hydrogens (tertiary/aromatic N) is 1. The highest BCUT2D eigenvalue weighted by atomic mass is 16.5. The van der Waals surface area contributed by atoms with Gasteiger partial charge in [-0.2, -0.15) is 5.26 Å². The molecule has 2 aromatic rings. The van der Waals surface area contributed by atoms with Crippen LogP contribution in [-0.2, 0) is 10.2 Å². The molecule has 1 aliphatic carbocycles. The van der Waals surface area contributed by atoms with Crippen molar-refractivity contribution in [2.75, 3.05) is 6.54 Å². The number of nitrogens with one attached hydrogen (secondary N) is 1. The summed E-state index contributed by atoms with van der Waals surface area (Å²) in [6.07, 6.45) is 1.62. The topological polar surface area (TPSA) is 62.1 Å². The quantitative estimate of drug-likeness (QED) is 0.889. The lowest BCUT2D eigenvalue weighted by Gasteiger charge is -2.19. The van der Waals surface area contributed by atoms with Gasteiger partial charge in [-0.15, -0.1) is 0 Å². The molecule has 0 saturated heterocycles. The van der Waals surface area contributed by atoms with E-state index >= 15 is 0 Å². The molecule has 4 heteroatoms. The Labute approximate surface area is 142 Å². The van der Waals surface area contributed by atoms with E-state index in [0.717, 1.165) is 12.8 Å². The number of carbonyl (C=O) groups excluding carboxylic acids is 1. The van der Waals surface area contributed by atoms with E-state index in [9.17, 15) is 4.79 Å². The average Bonchev–Trinajstić information content (AvgIpc) is 3.42. The molecule has 24 heavy (non-hydrogen) atoms. The van der Waals surface area contributed by atoms with Gasteiger partial charge in [0.15, 0.2) is 6.10 Å². The van der Waals surface area contributed by atoms with E-state index in [2.05, 4.69) is 23.5 Å². The second-order valence-electron chi connectivity index (χ2n) is 6.26. The van der Waals surface area contributed by atoms with Gasteiger partial charge in [0.25, 0.3) is 5.91 Å². The molecule has 0 spiro atoms. The monoisotopic (exact) mass is 320 g/mol. The first-order valence-corrected chi connectivity index (χ1v) is 8.13. The fraction of sp³-hybridized carbons (Fsp3) is 0.300. The zero-order valence-corrected chi connectivity index (χ0v) is 13.7. The minimum absolute atomic E-state index is 0.0884. The van der Waals surface area contributed by atoms with E-state index in [1.54, 1.807) is 31.2 Å². The number of ether oxygens (including phenoxy) is 1. The van der Waals surface area contributed by atoms with Crippen LogP contribution in [0.3, 0.4) is 0 Å². The molecule has 1 fully saturated rings.